The highest BCUT2D eigenvalue weighted by molar-refractivity contribution is 6.14. The van der Waals surface area contributed by atoms with Gasteiger partial charge in [0.2, 0.25) is 0 Å². The van der Waals surface area contributed by atoms with E-state index in [1.54, 1.807) is 0 Å². The molecule has 1 heterocycles. The molecule has 0 N–H and O–H groups in total. The Morgan fingerprint density at radius 3 is 1.64 bits per heavy atom. The van der Waals surface area contributed by atoms with Gasteiger partial charge >= 0.3 is 0 Å². The Kier molecular flexibility index (Phi) is 6.29. The van der Waals surface area contributed by atoms with E-state index in [1.165, 1.54) is 55.3 Å². The minimum Gasteiger partial charge on any atom is -0.455 e. The summed E-state index contributed by atoms with van der Waals surface area (Å²) >= 11 is 0. The van der Waals surface area contributed by atoms with Crippen molar-refractivity contribution >= 4 is 49.8 Å². The Morgan fingerprint density at radius 2 is 0.891 bits per heavy atom. The summed E-state index contributed by atoms with van der Waals surface area (Å²) in [6.07, 6.45) is 0. The fraction of sp³-hybridized carbons (Fsp3) is 0.0189. The molecule has 12 rings (SSSR count). The highest BCUT2D eigenvalue weighted by atomic mass is 16.3. The molecular formula is C53H33NO. The first-order valence-electron chi connectivity index (χ1n) is 19.0. The summed E-state index contributed by atoms with van der Waals surface area (Å²) in [6, 6.07) is 73.1. The van der Waals surface area contributed by atoms with Crippen LogP contribution >= 0.6 is 0 Å². The molecule has 0 radical (unpaired) electrons. The largest absolute Gasteiger partial charge is 0.455 e. The second-order valence-electron chi connectivity index (χ2n) is 14.8. The van der Waals surface area contributed by atoms with E-state index in [9.17, 15) is 0 Å². The van der Waals surface area contributed by atoms with E-state index >= 15 is 0 Å². The van der Waals surface area contributed by atoms with E-state index < -0.39 is 5.41 Å². The molecule has 0 atom stereocenters. The van der Waals surface area contributed by atoms with Crippen molar-refractivity contribution in [2.45, 2.75) is 5.41 Å². The van der Waals surface area contributed by atoms with E-state index in [0.717, 1.165) is 50.1 Å². The zero-order chi connectivity index (χ0) is 36.1. The second-order valence-corrected chi connectivity index (χ2v) is 14.8. The molecule has 0 saturated heterocycles. The lowest BCUT2D eigenvalue weighted by atomic mass is 9.70. The molecule has 9 aromatic carbocycles. The topological polar surface area (TPSA) is 16.4 Å². The molecule has 0 saturated carbocycles. The van der Waals surface area contributed by atoms with Gasteiger partial charge in [0.25, 0.3) is 0 Å². The third-order valence-corrected chi connectivity index (χ3v) is 12.1. The van der Waals surface area contributed by atoms with Crippen molar-refractivity contribution in [1.29, 1.82) is 0 Å². The SMILES string of the molecule is c1ccc(N(c2ccccc2-c2cccc3c2oc2cc4ccccc4cc23)c2cccc3c2-c2ccccc2C32c3ccccc3-c3ccccc32)cc1. The molecule has 0 fully saturated rings. The minimum absolute atomic E-state index is 0.430. The summed E-state index contributed by atoms with van der Waals surface area (Å²) < 4.78 is 6.82. The van der Waals surface area contributed by atoms with Crippen molar-refractivity contribution in [1.82, 2.24) is 0 Å². The van der Waals surface area contributed by atoms with Crippen molar-refractivity contribution in [3.63, 3.8) is 0 Å². The summed E-state index contributed by atoms with van der Waals surface area (Å²) in [7, 11) is 0. The van der Waals surface area contributed by atoms with E-state index in [2.05, 4.69) is 205 Å². The van der Waals surface area contributed by atoms with Gasteiger partial charge < -0.3 is 9.32 Å². The molecule has 256 valence electrons. The third kappa shape index (κ3) is 4.08. The Labute approximate surface area is 319 Å². The van der Waals surface area contributed by atoms with Crippen LogP contribution in [0.3, 0.4) is 0 Å². The molecule has 10 aromatic rings. The predicted molar refractivity (Wildman–Crippen MR) is 228 cm³/mol. The van der Waals surface area contributed by atoms with Crippen molar-refractivity contribution in [2.24, 2.45) is 0 Å². The van der Waals surface area contributed by atoms with Gasteiger partial charge in [0.05, 0.1) is 16.8 Å². The zero-order valence-corrected chi connectivity index (χ0v) is 29.9. The monoisotopic (exact) mass is 699 g/mol. The molecule has 1 spiro atoms. The first-order valence-corrected chi connectivity index (χ1v) is 19.0. The number of hydrogen-bond donors (Lipinski definition) is 0. The predicted octanol–water partition coefficient (Wildman–Crippen LogP) is 14.2. The van der Waals surface area contributed by atoms with Crippen LogP contribution in [0, 0.1) is 0 Å². The Balaban J connectivity index is 1.14. The molecule has 2 nitrogen and oxygen atoms in total. The van der Waals surface area contributed by atoms with Gasteiger partial charge in [0.1, 0.15) is 11.2 Å². The highest BCUT2D eigenvalue weighted by Crippen LogP contribution is 2.64. The maximum Gasteiger partial charge on any atom is 0.143 e. The van der Waals surface area contributed by atoms with Crippen LogP contribution in [0.5, 0.6) is 0 Å². The average Bonchev–Trinajstić information content (AvgIpc) is 3.88. The normalized spacial score (nSPS) is 13.2. The van der Waals surface area contributed by atoms with E-state index in [4.69, 9.17) is 4.42 Å². The fourth-order valence-electron chi connectivity index (χ4n) is 9.89. The van der Waals surface area contributed by atoms with Gasteiger partial charge in [-0.2, -0.15) is 0 Å². The molecule has 0 unspecified atom stereocenters. The number of rotatable bonds is 4. The van der Waals surface area contributed by atoms with Gasteiger partial charge in [-0.3, -0.25) is 0 Å². The molecule has 0 amide bonds. The van der Waals surface area contributed by atoms with E-state index in [1.807, 2.05) is 0 Å². The molecule has 2 aliphatic rings. The summed E-state index contributed by atoms with van der Waals surface area (Å²) in [5.41, 5.74) is 17.3. The molecular weight excluding hydrogens is 667 g/mol. The van der Waals surface area contributed by atoms with Crippen LogP contribution in [0.1, 0.15) is 22.3 Å². The Morgan fingerprint density at radius 1 is 0.364 bits per heavy atom. The lowest BCUT2D eigenvalue weighted by Crippen LogP contribution is -2.26. The third-order valence-electron chi connectivity index (χ3n) is 12.1. The summed E-state index contributed by atoms with van der Waals surface area (Å²) in [5, 5.41) is 4.64. The summed E-state index contributed by atoms with van der Waals surface area (Å²) in [5.74, 6) is 0. The standard InChI is InChI=1S/C53H33NO/c1-2-18-36(19-3-1)54(48-30-13-9-22-39(48)40-24-14-25-41-43-32-34-16-4-5-17-35(34)33-50(43)55-52(40)41)49-31-15-29-47-51(49)42-23-8-12-28-46(42)53(47)44-26-10-6-20-37(44)38-21-7-11-27-45(38)53/h1-33H. The van der Waals surface area contributed by atoms with Crippen molar-refractivity contribution in [3.8, 4) is 33.4 Å². The van der Waals surface area contributed by atoms with Gasteiger partial charge in [-0.05, 0) is 86.1 Å². The van der Waals surface area contributed by atoms with Crippen LogP contribution in [0.2, 0.25) is 0 Å². The Bertz CT molecular complexity index is 3120. The van der Waals surface area contributed by atoms with Crippen LogP contribution < -0.4 is 4.90 Å². The quantitative estimate of drug-likeness (QED) is 0.182. The smallest absolute Gasteiger partial charge is 0.143 e. The highest BCUT2D eigenvalue weighted by Gasteiger charge is 2.52. The number of para-hydroxylation sites is 3. The minimum atomic E-state index is -0.430. The van der Waals surface area contributed by atoms with Crippen LogP contribution in [0.15, 0.2) is 205 Å². The molecule has 55 heavy (non-hydrogen) atoms. The number of hydrogen-bond acceptors (Lipinski definition) is 2. The summed E-state index contributed by atoms with van der Waals surface area (Å²) in [4.78, 5) is 2.46. The van der Waals surface area contributed by atoms with Crippen LogP contribution in [0.4, 0.5) is 17.1 Å². The zero-order valence-electron chi connectivity index (χ0n) is 29.9. The first kappa shape index (κ1) is 30.3. The van der Waals surface area contributed by atoms with Crippen molar-refractivity contribution < 1.29 is 4.42 Å². The fourth-order valence-corrected chi connectivity index (χ4v) is 9.89. The van der Waals surface area contributed by atoms with E-state index in [-0.39, 0.29) is 0 Å². The maximum absolute atomic E-state index is 6.82. The number of nitrogens with zero attached hydrogens (tertiary/aromatic N) is 1. The summed E-state index contributed by atoms with van der Waals surface area (Å²) in [6.45, 7) is 0. The molecule has 0 bridgehead atoms. The van der Waals surface area contributed by atoms with Crippen molar-refractivity contribution in [2.75, 3.05) is 4.90 Å². The average molecular weight is 700 g/mol. The molecule has 2 heteroatoms. The number of fused-ring (bicyclic) bond motifs is 14. The molecule has 2 aliphatic carbocycles. The van der Waals surface area contributed by atoms with Gasteiger partial charge in [-0.25, -0.2) is 0 Å². The number of anilines is 3. The van der Waals surface area contributed by atoms with E-state index in [0.29, 0.717) is 0 Å². The van der Waals surface area contributed by atoms with Gasteiger partial charge in [0, 0.05) is 33.2 Å². The number of furan rings is 1. The lowest BCUT2D eigenvalue weighted by Gasteiger charge is -2.32. The second kappa shape index (κ2) is 11.4. The lowest BCUT2D eigenvalue weighted by molar-refractivity contribution is 0.670. The van der Waals surface area contributed by atoms with Crippen LogP contribution in [-0.2, 0) is 5.41 Å². The van der Waals surface area contributed by atoms with Crippen molar-refractivity contribution in [3.05, 3.63) is 222 Å². The Hall–Kier alpha value is -7.16. The van der Waals surface area contributed by atoms with Crippen LogP contribution in [-0.4, -0.2) is 0 Å². The van der Waals surface area contributed by atoms with Gasteiger partial charge in [-0.15, -0.1) is 0 Å². The molecule has 1 aromatic heterocycles. The first-order chi connectivity index (χ1) is 27.3. The molecule has 0 aliphatic heterocycles. The van der Waals surface area contributed by atoms with Gasteiger partial charge in [-0.1, -0.05) is 164 Å². The number of benzene rings is 9. The maximum atomic E-state index is 6.82. The van der Waals surface area contributed by atoms with Crippen LogP contribution in [0.25, 0.3) is 66.1 Å². The van der Waals surface area contributed by atoms with Gasteiger partial charge in [0.15, 0.2) is 0 Å².